The molecule has 118 valence electrons. The van der Waals surface area contributed by atoms with Gasteiger partial charge in [0.15, 0.2) is 12.4 Å². The second-order valence-corrected chi connectivity index (χ2v) is 6.18. The lowest BCUT2D eigenvalue weighted by molar-refractivity contribution is -0.902. The van der Waals surface area contributed by atoms with Crippen LogP contribution in [0.1, 0.15) is 24.5 Å². The van der Waals surface area contributed by atoms with E-state index in [1.165, 1.54) is 29.5 Å². The second-order valence-electron chi connectivity index (χ2n) is 5.26. The Hall–Kier alpha value is -1.87. The molecule has 0 aliphatic carbocycles. The van der Waals surface area contributed by atoms with Crippen LogP contribution in [0.25, 0.3) is 0 Å². The Balaban J connectivity index is 1.44. The molecule has 2 aromatic rings. The maximum atomic E-state index is 11.8. The first kappa shape index (κ1) is 15.0. The zero-order valence-corrected chi connectivity index (χ0v) is 13.1. The quantitative estimate of drug-likeness (QED) is 0.736. The molecule has 0 spiro atoms. The molecule has 9 heteroatoms. The van der Waals surface area contributed by atoms with Gasteiger partial charge in [0, 0.05) is 18.9 Å². The maximum absolute atomic E-state index is 11.8. The third-order valence-electron chi connectivity index (χ3n) is 3.38. The lowest BCUT2D eigenvalue weighted by Gasteiger charge is -2.07. The summed E-state index contributed by atoms with van der Waals surface area (Å²) in [5, 5.41) is 14.7. The van der Waals surface area contributed by atoms with Crippen molar-refractivity contribution in [2.75, 3.05) is 24.2 Å². The molecule has 3 heterocycles. The van der Waals surface area contributed by atoms with Gasteiger partial charge in [-0.05, 0) is 6.92 Å². The highest BCUT2D eigenvalue weighted by Crippen LogP contribution is 2.16. The molecule has 0 radical (unpaired) electrons. The van der Waals surface area contributed by atoms with Crippen molar-refractivity contribution in [1.29, 1.82) is 0 Å². The molecule has 0 aromatic carbocycles. The normalized spacial score (nSPS) is 15.3. The number of thioether (sulfide) groups is 1. The minimum atomic E-state index is -0.191. The average Bonchev–Trinajstić information content (AvgIpc) is 3.21. The first-order chi connectivity index (χ1) is 10.7. The number of aromatic nitrogens is 3. The number of nitrogens with zero attached hydrogens (tertiary/aromatic N) is 3. The highest BCUT2D eigenvalue weighted by molar-refractivity contribution is 7.99. The van der Waals surface area contributed by atoms with Crippen LogP contribution in [0.5, 0.6) is 0 Å². The summed E-state index contributed by atoms with van der Waals surface area (Å²) in [6, 6.07) is 1.66. The molecular formula is C13H18N5O3S+. The van der Waals surface area contributed by atoms with Gasteiger partial charge in [-0.15, -0.1) is 10.2 Å². The number of carbonyl (C=O) groups excluding carboxylic acids is 1. The summed E-state index contributed by atoms with van der Waals surface area (Å²) in [7, 11) is 0. The summed E-state index contributed by atoms with van der Waals surface area (Å²) in [6.45, 7) is 4.84. The van der Waals surface area contributed by atoms with Crippen LogP contribution in [0, 0.1) is 6.92 Å². The van der Waals surface area contributed by atoms with Crippen molar-refractivity contribution >= 4 is 23.5 Å². The molecular weight excluding hydrogens is 306 g/mol. The van der Waals surface area contributed by atoms with Crippen molar-refractivity contribution in [3.63, 3.8) is 0 Å². The van der Waals surface area contributed by atoms with Gasteiger partial charge in [-0.2, -0.15) is 0 Å². The molecule has 0 atom stereocenters. The van der Waals surface area contributed by atoms with Crippen LogP contribution < -0.4 is 10.2 Å². The molecule has 1 saturated heterocycles. The third-order valence-corrected chi connectivity index (χ3v) is 4.20. The van der Waals surface area contributed by atoms with Crippen LogP contribution in [0.4, 0.5) is 5.82 Å². The summed E-state index contributed by atoms with van der Waals surface area (Å²) < 4.78 is 10.4. The Kier molecular flexibility index (Phi) is 4.74. The monoisotopic (exact) mass is 324 g/mol. The Morgan fingerprint density at radius 2 is 2.23 bits per heavy atom. The highest BCUT2D eigenvalue weighted by Gasteiger charge is 2.19. The van der Waals surface area contributed by atoms with Crippen LogP contribution in [0.15, 0.2) is 20.2 Å². The van der Waals surface area contributed by atoms with Gasteiger partial charge in [-0.3, -0.25) is 4.79 Å². The summed E-state index contributed by atoms with van der Waals surface area (Å²) in [6.07, 6.45) is 2.51. The SMILES string of the molecule is Cc1cc(NC(=O)CSc2nnc(C[NH+]3CCCC3)o2)no1. The van der Waals surface area contributed by atoms with Crippen LogP contribution in [-0.2, 0) is 11.3 Å². The van der Waals surface area contributed by atoms with E-state index in [1.807, 2.05) is 0 Å². The zero-order valence-electron chi connectivity index (χ0n) is 12.3. The highest BCUT2D eigenvalue weighted by atomic mass is 32.2. The number of quaternary nitrogens is 1. The van der Waals surface area contributed by atoms with Crippen molar-refractivity contribution in [3.8, 4) is 0 Å². The number of anilines is 1. The lowest BCUT2D eigenvalue weighted by Crippen LogP contribution is -3.08. The van der Waals surface area contributed by atoms with Crippen LogP contribution in [-0.4, -0.2) is 40.1 Å². The van der Waals surface area contributed by atoms with Gasteiger partial charge in [0.05, 0.1) is 18.8 Å². The fourth-order valence-electron chi connectivity index (χ4n) is 2.37. The van der Waals surface area contributed by atoms with Crippen LogP contribution >= 0.6 is 11.8 Å². The molecule has 2 N–H and O–H groups in total. The molecule has 1 amide bonds. The summed E-state index contributed by atoms with van der Waals surface area (Å²) in [4.78, 5) is 13.2. The smallest absolute Gasteiger partial charge is 0.277 e. The first-order valence-electron chi connectivity index (χ1n) is 7.21. The second kappa shape index (κ2) is 6.93. The molecule has 0 bridgehead atoms. The lowest BCUT2D eigenvalue weighted by atomic mass is 10.4. The van der Waals surface area contributed by atoms with Gasteiger partial charge in [-0.1, -0.05) is 16.9 Å². The van der Waals surface area contributed by atoms with Crippen molar-refractivity contribution < 1.29 is 18.6 Å². The van der Waals surface area contributed by atoms with E-state index in [0.29, 0.717) is 22.7 Å². The van der Waals surface area contributed by atoms with E-state index in [0.717, 1.165) is 19.6 Å². The van der Waals surface area contributed by atoms with Crippen molar-refractivity contribution in [2.45, 2.75) is 31.5 Å². The van der Waals surface area contributed by atoms with E-state index in [1.54, 1.807) is 13.0 Å². The molecule has 1 aliphatic rings. The minimum absolute atomic E-state index is 0.185. The predicted molar refractivity (Wildman–Crippen MR) is 78.5 cm³/mol. The fraction of sp³-hybridized carbons (Fsp3) is 0.538. The standard InChI is InChI=1S/C13H17N5O3S/c1-9-6-10(17-21-9)14-11(19)8-22-13-16-15-12(20-13)7-18-4-2-3-5-18/h6H,2-5,7-8H2,1H3,(H,14,17,19)/p+1. The van der Waals surface area contributed by atoms with E-state index in [-0.39, 0.29) is 11.7 Å². The number of hydrogen-bond acceptors (Lipinski definition) is 7. The number of amides is 1. The van der Waals surface area contributed by atoms with E-state index in [4.69, 9.17) is 8.94 Å². The van der Waals surface area contributed by atoms with Gasteiger partial charge in [0.1, 0.15) is 5.76 Å². The number of likely N-dealkylation sites (tertiary alicyclic amines) is 1. The Bertz CT molecular complexity index is 635. The zero-order chi connectivity index (χ0) is 15.4. The maximum Gasteiger partial charge on any atom is 0.277 e. The fourth-order valence-corrected chi connectivity index (χ4v) is 2.95. The summed E-state index contributed by atoms with van der Waals surface area (Å²) in [5.74, 6) is 1.68. The molecule has 3 rings (SSSR count). The van der Waals surface area contributed by atoms with Crippen molar-refractivity contribution in [2.24, 2.45) is 0 Å². The van der Waals surface area contributed by atoms with Gasteiger partial charge in [-0.25, -0.2) is 0 Å². The number of carbonyl (C=O) groups is 1. The molecule has 0 saturated carbocycles. The van der Waals surface area contributed by atoms with Gasteiger partial charge in [0.2, 0.25) is 5.91 Å². The molecule has 1 fully saturated rings. The summed E-state index contributed by atoms with van der Waals surface area (Å²) in [5.41, 5.74) is 0. The Labute approximate surface area is 131 Å². The largest absolute Gasteiger partial charge is 0.410 e. The number of rotatable bonds is 6. The molecule has 8 nitrogen and oxygen atoms in total. The van der Waals surface area contributed by atoms with Crippen LogP contribution in [0.2, 0.25) is 0 Å². The average molecular weight is 324 g/mol. The van der Waals surface area contributed by atoms with Crippen molar-refractivity contribution in [3.05, 3.63) is 17.7 Å². The number of aryl methyl sites for hydroxylation is 1. The van der Waals surface area contributed by atoms with Crippen molar-refractivity contribution in [1.82, 2.24) is 15.4 Å². The Morgan fingerprint density at radius 3 is 2.95 bits per heavy atom. The van der Waals surface area contributed by atoms with E-state index >= 15 is 0 Å². The van der Waals surface area contributed by atoms with Gasteiger partial charge in [0.25, 0.3) is 11.1 Å². The number of hydrogen-bond donors (Lipinski definition) is 2. The molecule has 0 unspecified atom stereocenters. The van der Waals surface area contributed by atoms with E-state index in [2.05, 4.69) is 20.7 Å². The first-order valence-corrected chi connectivity index (χ1v) is 8.19. The number of nitrogens with one attached hydrogen (secondary N) is 2. The molecule has 1 aliphatic heterocycles. The molecule has 2 aromatic heterocycles. The van der Waals surface area contributed by atoms with Gasteiger partial charge >= 0.3 is 0 Å². The van der Waals surface area contributed by atoms with Crippen LogP contribution in [0.3, 0.4) is 0 Å². The van der Waals surface area contributed by atoms with E-state index < -0.39 is 0 Å². The van der Waals surface area contributed by atoms with Gasteiger partial charge < -0.3 is 19.2 Å². The Morgan fingerprint density at radius 1 is 1.41 bits per heavy atom. The minimum Gasteiger partial charge on any atom is -0.410 e. The predicted octanol–water partition coefficient (Wildman–Crippen LogP) is 0.276. The molecule has 22 heavy (non-hydrogen) atoms. The van der Waals surface area contributed by atoms with E-state index in [9.17, 15) is 4.79 Å². The topological polar surface area (TPSA) is 98.5 Å². The third kappa shape index (κ3) is 4.08. The summed E-state index contributed by atoms with van der Waals surface area (Å²) >= 11 is 1.21.